The topological polar surface area (TPSA) is 64.4 Å². The molecule has 0 aliphatic carbocycles. The van der Waals surface area contributed by atoms with Gasteiger partial charge in [-0.3, -0.25) is 4.79 Å². The van der Waals surface area contributed by atoms with E-state index in [0.29, 0.717) is 27.7 Å². The van der Waals surface area contributed by atoms with Crippen molar-refractivity contribution in [3.63, 3.8) is 0 Å². The maximum atomic E-state index is 12.9. The molecular weight excluding hydrogens is 412 g/mol. The Balaban J connectivity index is 1.40. The second-order valence-electron chi connectivity index (χ2n) is 7.02. The Hall–Kier alpha value is -3.83. The van der Waals surface area contributed by atoms with Crippen LogP contribution in [-0.2, 0) is 0 Å². The van der Waals surface area contributed by atoms with Gasteiger partial charge in [0.2, 0.25) is 5.89 Å². The van der Waals surface area contributed by atoms with E-state index in [9.17, 15) is 4.79 Å². The van der Waals surface area contributed by atoms with Crippen LogP contribution in [0.2, 0.25) is 5.02 Å². The Labute approximate surface area is 183 Å². The summed E-state index contributed by atoms with van der Waals surface area (Å²) in [7, 11) is 1.61. The minimum Gasteiger partial charge on any atom is -0.497 e. The van der Waals surface area contributed by atoms with Crippen LogP contribution >= 0.6 is 11.6 Å². The molecule has 0 saturated carbocycles. The number of ether oxygens (including phenoxy) is 1. The zero-order valence-electron chi connectivity index (χ0n) is 16.6. The normalized spacial score (nSPS) is 11.0. The van der Waals surface area contributed by atoms with Crippen LogP contribution in [0.1, 0.15) is 10.4 Å². The first kappa shape index (κ1) is 19.2. The van der Waals surface area contributed by atoms with E-state index in [1.54, 1.807) is 13.2 Å². The van der Waals surface area contributed by atoms with E-state index in [-0.39, 0.29) is 5.91 Å². The fraction of sp³-hybridized carbons (Fsp3) is 0.0400. The third-order valence-corrected chi connectivity index (χ3v) is 5.43. The van der Waals surface area contributed by atoms with Gasteiger partial charge in [0.25, 0.3) is 5.91 Å². The van der Waals surface area contributed by atoms with Gasteiger partial charge in [-0.2, -0.15) is 0 Å². The molecule has 0 spiro atoms. The number of amides is 1. The summed E-state index contributed by atoms with van der Waals surface area (Å²) >= 11 is 6.26. The molecule has 5 nitrogen and oxygen atoms in total. The largest absolute Gasteiger partial charge is 0.497 e. The van der Waals surface area contributed by atoms with E-state index in [1.165, 1.54) is 0 Å². The average Bonchev–Trinajstić information content (AvgIpc) is 3.23. The summed E-state index contributed by atoms with van der Waals surface area (Å²) in [6.07, 6.45) is 0. The first-order valence-electron chi connectivity index (χ1n) is 9.66. The number of aromatic nitrogens is 1. The number of carbonyl (C=O) groups excluding carboxylic acids is 1. The van der Waals surface area contributed by atoms with Gasteiger partial charge < -0.3 is 14.5 Å². The first-order valence-corrected chi connectivity index (χ1v) is 10.0. The molecule has 5 aromatic rings. The van der Waals surface area contributed by atoms with Crippen molar-refractivity contribution in [2.24, 2.45) is 0 Å². The quantitative estimate of drug-likeness (QED) is 0.352. The van der Waals surface area contributed by atoms with Gasteiger partial charge in [0.1, 0.15) is 11.3 Å². The Bertz CT molecular complexity index is 1420. The molecule has 6 heteroatoms. The molecule has 4 aromatic carbocycles. The Morgan fingerprint density at radius 2 is 1.74 bits per heavy atom. The van der Waals surface area contributed by atoms with E-state index in [2.05, 4.69) is 10.3 Å². The van der Waals surface area contributed by atoms with Crippen molar-refractivity contribution >= 4 is 45.1 Å². The summed E-state index contributed by atoms with van der Waals surface area (Å²) in [6.45, 7) is 0. The zero-order chi connectivity index (χ0) is 21.4. The Kier molecular flexibility index (Phi) is 4.81. The number of oxazole rings is 1. The molecule has 0 radical (unpaired) electrons. The number of fused-ring (bicyclic) bond motifs is 2. The molecule has 0 fully saturated rings. The molecule has 0 bridgehead atoms. The van der Waals surface area contributed by atoms with Crippen LogP contribution in [0.15, 0.2) is 83.3 Å². The second kappa shape index (κ2) is 7.78. The van der Waals surface area contributed by atoms with Gasteiger partial charge in [-0.15, -0.1) is 0 Å². The lowest BCUT2D eigenvalue weighted by Crippen LogP contribution is -2.12. The number of methoxy groups -OCH3 is 1. The highest BCUT2D eigenvalue weighted by Gasteiger charge is 2.13. The Morgan fingerprint density at radius 1 is 0.968 bits per heavy atom. The summed E-state index contributed by atoms with van der Waals surface area (Å²) in [6, 6.07) is 23.9. The van der Waals surface area contributed by atoms with Crippen molar-refractivity contribution < 1.29 is 13.9 Å². The highest BCUT2D eigenvalue weighted by Crippen LogP contribution is 2.29. The van der Waals surface area contributed by atoms with Crippen LogP contribution in [0.25, 0.3) is 33.3 Å². The summed E-state index contributed by atoms with van der Waals surface area (Å²) in [5, 5.41) is 5.22. The number of halogens is 1. The van der Waals surface area contributed by atoms with E-state index in [0.717, 1.165) is 27.6 Å². The van der Waals surface area contributed by atoms with Gasteiger partial charge in [0.15, 0.2) is 5.58 Å². The number of rotatable bonds is 4. The first-order chi connectivity index (χ1) is 15.1. The monoisotopic (exact) mass is 428 g/mol. The molecule has 0 saturated heterocycles. The number of nitrogens with one attached hydrogen (secondary N) is 1. The lowest BCUT2D eigenvalue weighted by atomic mass is 10.0. The molecule has 152 valence electrons. The molecule has 0 atom stereocenters. The van der Waals surface area contributed by atoms with Crippen LogP contribution in [-0.4, -0.2) is 18.0 Å². The van der Waals surface area contributed by atoms with Crippen molar-refractivity contribution in [2.75, 3.05) is 12.4 Å². The summed E-state index contributed by atoms with van der Waals surface area (Å²) in [4.78, 5) is 17.4. The lowest BCUT2D eigenvalue weighted by molar-refractivity contribution is 0.102. The molecule has 0 aliphatic heterocycles. The molecule has 5 rings (SSSR count). The number of nitrogens with zero attached hydrogens (tertiary/aromatic N) is 1. The van der Waals surface area contributed by atoms with Crippen LogP contribution in [0.5, 0.6) is 5.75 Å². The van der Waals surface area contributed by atoms with Gasteiger partial charge in [0.05, 0.1) is 7.11 Å². The molecule has 31 heavy (non-hydrogen) atoms. The summed E-state index contributed by atoms with van der Waals surface area (Å²) in [5.74, 6) is 1.03. The van der Waals surface area contributed by atoms with E-state index < -0.39 is 0 Å². The number of carbonyl (C=O) groups is 1. The van der Waals surface area contributed by atoms with Crippen molar-refractivity contribution in [3.8, 4) is 17.2 Å². The van der Waals surface area contributed by atoms with Gasteiger partial charge in [0, 0.05) is 33.3 Å². The number of hydrogen-bond donors (Lipinski definition) is 1. The van der Waals surface area contributed by atoms with Crippen molar-refractivity contribution in [1.82, 2.24) is 4.98 Å². The van der Waals surface area contributed by atoms with Crippen LogP contribution in [0.4, 0.5) is 5.69 Å². The average molecular weight is 429 g/mol. The van der Waals surface area contributed by atoms with E-state index in [4.69, 9.17) is 20.8 Å². The highest BCUT2D eigenvalue weighted by atomic mass is 35.5. The van der Waals surface area contributed by atoms with Gasteiger partial charge in [-0.05, 0) is 53.9 Å². The fourth-order valence-electron chi connectivity index (χ4n) is 3.52. The third kappa shape index (κ3) is 3.60. The maximum Gasteiger partial charge on any atom is 0.256 e. The summed E-state index contributed by atoms with van der Waals surface area (Å²) in [5.41, 5.74) is 3.46. The number of benzene rings is 4. The van der Waals surface area contributed by atoms with E-state index in [1.807, 2.05) is 72.8 Å². The molecule has 0 aliphatic rings. The standard InChI is InChI=1S/C25H17ClN2O3/c1-30-17-12-13-23-22(14-17)28-25(31-23)15-8-10-16(11-9-15)27-24(29)20-6-2-5-19-18(20)4-3-7-21(19)26/h2-14H,1H3,(H,27,29). The number of hydrogen-bond acceptors (Lipinski definition) is 4. The maximum absolute atomic E-state index is 12.9. The lowest BCUT2D eigenvalue weighted by Gasteiger charge is -2.09. The van der Waals surface area contributed by atoms with Gasteiger partial charge >= 0.3 is 0 Å². The predicted octanol–water partition coefficient (Wildman–Crippen LogP) is 6.56. The zero-order valence-corrected chi connectivity index (χ0v) is 17.3. The second-order valence-corrected chi connectivity index (χ2v) is 7.43. The molecule has 0 unspecified atom stereocenters. The van der Waals surface area contributed by atoms with Crippen molar-refractivity contribution in [2.45, 2.75) is 0 Å². The van der Waals surface area contributed by atoms with Gasteiger partial charge in [-0.1, -0.05) is 35.9 Å². The van der Waals surface area contributed by atoms with Crippen molar-refractivity contribution in [1.29, 1.82) is 0 Å². The molecule has 1 aromatic heterocycles. The molecular formula is C25H17ClN2O3. The minimum absolute atomic E-state index is 0.199. The Morgan fingerprint density at radius 3 is 2.55 bits per heavy atom. The smallest absolute Gasteiger partial charge is 0.256 e. The van der Waals surface area contributed by atoms with Gasteiger partial charge in [-0.25, -0.2) is 4.98 Å². The summed E-state index contributed by atoms with van der Waals surface area (Å²) < 4.78 is 11.1. The van der Waals surface area contributed by atoms with Crippen LogP contribution in [0.3, 0.4) is 0 Å². The SMILES string of the molecule is COc1ccc2oc(-c3ccc(NC(=O)c4cccc5c(Cl)cccc45)cc3)nc2c1. The minimum atomic E-state index is -0.199. The fourth-order valence-corrected chi connectivity index (χ4v) is 3.76. The highest BCUT2D eigenvalue weighted by molar-refractivity contribution is 6.36. The molecule has 1 heterocycles. The third-order valence-electron chi connectivity index (χ3n) is 5.10. The number of anilines is 1. The predicted molar refractivity (Wildman–Crippen MR) is 123 cm³/mol. The molecule has 1 amide bonds. The van der Waals surface area contributed by atoms with Crippen LogP contribution in [0, 0.1) is 0 Å². The van der Waals surface area contributed by atoms with E-state index >= 15 is 0 Å². The molecule has 1 N–H and O–H groups in total. The van der Waals surface area contributed by atoms with Crippen molar-refractivity contribution in [3.05, 3.63) is 89.4 Å². The van der Waals surface area contributed by atoms with Crippen LogP contribution < -0.4 is 10.1 Å².